The predicted octanol–water partition coefficient (Wildman–Crippen LogP) is 2.33. The van der Waals surface area contributed by atoms with Gasteiger partial charge in [-0.05, 0) is 43.2 Å². The molecule has 1 saturated heterocycles. The second-order valence-corrected chi connectivity index (χ2v) is 7.88. The van der Waals surface area contributed by atoms with Crippen LogP contribution in [0.15, 0.2) is 36.7 Å². The van der Waals surface area contributed by atoms with Gasteiger partial charge in [-0.25, -0.2) is 0 Å². The van der Waals surface area contributed by atoms with Crippen molar-refractivity contribution in [3.8, 4) is 0 Å². The smallest absolute Gasteiger partial charge is 0.254 e. The van der Waals surface area contributed by atoms with Crippen LogP contribution in [0.5, 0.6) is 0 Å². The Labute approximate surface area is 178 Å². The average Bonchev–Trinajstić information content (AvgIpc) is 3.22. The minimum Gasteiger partial charge on any atom is -0.355 e. The van der Waals surface area contributed by atoms with E-state index in [9.17, 15) is 9.59 Å². The summed E-state index contributed by atoms with van der Waals surface area (Å²) in [5.41, 5.74) is 1.63. The lowest BCUT2D eigenvalue weighted by molar-refractivity contribution is -0.120. The quantitative estimate of drug-likeness (QED) is 0.686. The Morgan fingerprint density at radius 3 is 2.67 bits per heavy atom. The molecule has 30 heavy (non-hydrogen) atoms. The number of benzene rings is 1. The van der Waals surface area contributed by atoms with Gasteiger partial charge in [0.05, 0.1) is 10.6 Å². The second-order valence-electron chi connectivity index (χ2n) is 7.47. The molecule has 1 aliphatic heterocycles. The number of nitrogens with one attached hydrogen (secondary N) is 1. The summed E-state index contributed by atoms with van der Waals surface area (Å²) in [7, 11) is 3.32. The summed E-state index contributed by atoms with van der Waals surface area (Å²) in [6.07, 6.45) is 3.00. The van der Waals surface area contributed by atoms with Crippen LogP contribution in [0.4, 0.5) is 11.5 Å². The molecule has 10 heteroatoms. The van der Waals surface area contributed by atoms with Crippen molar-refractivity contribution in [3.63, 3.8) is 0 Å². The van der Waals surface area contributed by atoms with Crippen LogP contribution in [-0.4, -0.2) is 63.7 Å². The maximum atomic E-state index is 12.8. The van der Waals surface area contributed by atoms with E-state index in [2.05, 4.69) is 25.5 Å². The highest BCUT2D eigenvalue weighted by Crippen LogP contribution is 2.25. The van der Waals surface area contributed by atoms with Crippen molar-refractivity contribution in [1.82, 2.24) is 24.7 Å². The minimum absolute atomic E-state index is 0.0533. The van der Waals surface area contributed by atoms with E-state index in [0.29, 0.717) is 34.8 Å². The number of hydrogen-bond donors (Lipinski definition) is 1. The monoisotopic (exact) mass is 427 g/mol. The number of piperidine rings is 1. The lowest BCUT2D eigenvalue weighted by Gasteiger charge is -2.32. The first-order chi connectivity index (χ1) is 14.4. The molecule has 4 rings (SSSR count). The summed E-state index contributed by atoms with van der Waals surface area (Å²) < 4.78 is 1.64. The number of fused-ring (bicyclic) bond motifs is 1. The Kier molecular flexibility index (Phi) is 5.54. The molecule has 0 saturated carbocycles. The van der Waals surface area contributed by atoms with Crippen molar-refractivity contribution < 1.29 is 9.59 Å². The normalized spacial score (nSPS) is 14.7. The number of rotatable bonds is 4. The standard InChI is InChI=1S/C20H22ClN7O2/c1-26(2)20(30)15-11-14(3-4-16(15)21)23-19(29)13-7-9-27(10-8-13)18-6-5-17-24-22-12-28(17)25-18/h3-6,11-13H,7-10H2,1-2H3,(H,23,29). The fourth-order valence-corrected chi connectivity index (χ4v) is 3.71. The van der Waals surface area contributed by atoms with E-state index in [1.807, 2.05) is 12.1 Å². The molecular weight excluding hydrogens is 406 g/mol. The third-order valence-corrected chi connectivity index (χ3v) is 5.54. The van der Waals surface area contributed by atoms with Crippen LogP contribution in [0.2, 0.25) is 5.02 Å². The van der Waals surface area contributed by atoms with Crippen LogP contribution in [-0.2, 0) is 4.79 Å². The molecular formula is C20H22ClN7O2. The second kappa shape index (κ2) is 8.27. The van der Waals surface area contributed by atoms with Crippen molar-refractivity contribution in [1.29, 1.82) is 0 Å². The first kappa shape index (κ1) is 20.1. The Morgan fingerprint density at radius 2 is 1.93 bits per heavy atom. The molecule has 0 unspecified atom stereocenters. The van der Waals surface area contributed by atoms with Gasteiger partial charge < -0.3 is 15.1 Å². The van der Waals surface area contributed by atoms with Gasteiger partial charge in [0.15, 0.2) is 5.65 Å². The Morgan fingerprint density at radius 1 is 1.17 bits per heavy atom. The van der Waals surface area contributed by atoms with E-state index in [-0.39, 0.29) is 17.7 Å². The summed E-state index contributed by atoms with van der Waals surface area (Å²) in [5.74, 6) is 0.471. The zero-order valence-corrected chi connectivity index (χ0v) is 17.5. The lowest BCUT2D eigenvalue weighted by Crippen LogP contribution is -2.38. The van der Waals surface area contributed by atoms with Gasteiger partial charge in [0.1, 0.15) is 12.1 Å². The summed E-state index contributed by atoms with van der Waals surface area (Å²) in [6.45, 7) is 1.45. The molecule has 2 aromatic heterocycles. The molecule has 2 amide bonds. The fraction of sp³-hybridized carbons (Fsp3) is 0.350. The van der Waals surface area contributed by atoms with Crippen molar-refractivity contribution in [2.45, 2.75) is 12.8 Å². The molecule has 3 aromatic rings. The molecule has 1 N–H and O–H groups in total. The Bertz CT molecular complexity index is 1090. The zero-order valence-electron chi connectivity index (χ0n) is 16.7. The Hall–Kier alpha value is -3.20. The summed E-state index contributed by atoms with van der Waals surface area (Å²) >= 11 is 6.14. The zero-order chi connectivity index (χ0) is 21.3. The minimum atomic E-state index is -0.207. The van der Waals surface area contributed by atoms with Crippen molar-refractivity contribution >= 4 is 40.6 Å². The molecule has 1 fully saturated rings. The summed E-state index contributed by atoms with van der Waals surface area (Å²) in [6, 6.07) is 8.75. The molecule has 0 atom stereocenters. The first-order valence-corrected chi connectivity index (χ1v) is 10.0. The van der Waals surface area contributed by atoms with Crippen molar-refractivity contribution in [3.05, 3.63) is 47.2 Å². The molecule has 0 aliphatic carbocycles. The van der Waals surface area contributed by atoms with Crippen molar-refractivity contribution in [2.75, 3.05) is 37.4 Å². The maximum absolute atomic E-state index is 12.8. The molecule has 1 aromatic carbocycles. The summed E-state index contributed by atoms with van der Waals surface area (Å²) in [5, 5.41) is 15.6. The van der Waals surface area contributed by atoms with Gasteiger partial charge >= 0.3 is 0 Å². The number of hydrogen-bond acceptors (Lipinski definition) is 6. The molecule has 0 radical (unpaired) electrons. The number of carbonyl (C=O) groups is 2. The van der Waals surface area contributed by atoms with Crippen molar-refractivity contribution in [2.24, 2.45) is 5.92 Å². The van der Waals surface area contributed by atoms with Crippen LogP contribution in [0.25, 0.3) is 5.65 Å². The van der Waals surface area contributed by atoms with E-state index >= 15 is 0 Å². The molecule has 1 aliphatic rings. The Balaban J connectivity index is 1.38. The number of amides is 2. The molecule has 0 spiro atoms. The van der Waals surface area contributed by atoms with Gasteiger partial charge in [-0.15, -0.1) is 15.3 Å². The van der Waals surface area contributed by atoms with Crippen LogP contribution in [0.3, 0.4) is 0 Å². The number of carbonyl (C=O) groups excluding carboxylic acids is 2. The van der Waals surface area contributed by atoms with Crippen LogP contribution in [0, 0.1) is 5.92 Å². The largest absolute Gasteiger partial charge is 0.355 e. The van der Waals surface area contributed by atoms with E-state index in [1.54, 1.807) is 43.1 Å². The third-order valence-electron chi connectivity index (χ3n) is 5.21. The van der Waals surface area contributed by atoms with E-state index in [4.69, 9.17) is 11.6 Å². The molecule has 3 heterocycles. The van der Waals surface area contributed by atoms with Gasteiger partial charge in [0.25, 0.3) is 5.91 Å². The molecule has 156 valence electrons. The topological polar surface area (TPSA) is 95.7 Å². The number of aromatic nitrogens is 4. The van der Waals surface area contributed by atoms with Gasteiger partial charge in [-0.2, -0.15) is 4.52 Å². The maximum Gasteiger partial charge on any atom is 0.254 e. The van der Waals surface area contributed by atoms with E-state index in [1.165, 1.54) is 4.90 Å². The number of anilines is 2. The highest BCUT2D eigenvalue weighted by atomic mass is 35.5. The van der Waals surface area contributed by atoms with Gasteiger partial charge in [0.2, 0.25) is 5.91 Å². The number of nitrogens with zero attached hydrogens (tertiary/aromatic N) is 6. The van der Waals surface area contributed by atoms with Crippen LogP contribution >= 0.6 is 11.6 Å². The highest BCUT2D eigenvalue weighted by molar-refractivity contribution is 6.34. The highest BCUT2D eigenvalue weighted by Gasteiger charge is 2.26. The van der Waals surface area contributed by atoms with Gasteiger partial charge in [-0.3, -0.25) is 9.59 Å². The van der Waals surface area contributed by atoms with E-state index < -0.39 is 0 Å². The third kappa shape index (κ3) is 4.06. The van der Waals surface area contributed by atoms with Crippen LogP contribution in [0.1, 0.15) is 23.2 Å². The predicted molar refractivity (Wildman–Crippen MR) is 114 cm³/mol. The number of halogens is 1. The van der Waals surface area contributed by atoms with Gasteiger partial charge in [0, 0.05) is 38.8 Å². The molecule has 0 bridgehead atoms. The fourth-order valence-electron chi connectivity index (χ4n) is 3.51. The SMILES string of the molecule is CN(C)C(=O)c1cc(NC(=O)C2CCN(c3ccc4nncn4n3)CC2)ccc1Cl. The summed E-state index contributed by atoms with van der Waals surface area (Å²) in [4.78, 5) is 28.6. The van der Waals surface area contributed by atoms with E-state index in [0.717, 1.165) is 18.9 Å². The first-order valence-electron chi connectivity index (χ1n) is 9.66. The lowest BCUT2D eigenvalue weighted by atomic mass is 9.95. The van der Waals surface area contributed by atoms with Crippen LogP contribution < -0.4 is 10.2 Å². The van der Waals surface area contributed by atoms with Gasteiger partial charge in [-0.1, -0.05) is 11.6 Å². The molecule has 9 nitrogen and oxygen atoms in total. The average molecular weight is 428 g/mol.